The molecule has 0 spiro atoms. The highest BCUT2D eigenvalue weighted by molar-refractivity contribution is 6.46. The van der Waals surface area contributed by atoms with Crippen LogP contribution in [-0.2, 0) is 9.59 Å². The molecule has 1 fully saturated rings. The Hall–Kier alpha value is -3.72. The Kier molecular flexibility index (Phi) is 7.44. The van der Waals surface area contributed by atoms with Gasteiger partial charge in [-0.05, 0) is 30.8 Å². The molecule has 2 aromatic rings. The standard InChI is InChI=1S/C24H27N3O6/c1-4-25(5-2)12-13-26-21(16-8-7-11-19(15-16)33-3)20(23(29)24(26)30)22(28)17-9-6-10-18(14-17)27(31)32/h6-11,14-15,21,28H,4-5,12-13H2,1-3H3/b22-20-. The maximum atomic E-state index is 13.1. The number of Topliss-reactive ketones (excluding diaryl/α,β-unsaturated/α-hetero) is 1. The van der Waals surface area contributed by atoms with Crippen LogP contribution in [0.15, 0.2) is 54.1 Å². The number of benzene rings is 2. The maximum absolute atomic E-state index is 13.1. The van der Waals surface area contributed by atoms with Gasteiger partial charge in [-0.2, -0.15) is 0 Å². The van der Waals surface area contributed by atoms with Crippen LogP contribution in [0.4, 0.5) is 5.69 Å². The number of nitro groups is 1. The number of non-ortho nitro benzene ring substituents is 1. The number of rotatable bonds is 9. The van der Waals surface area contributed by atoms with E-state index in [1.54, 1.807) is 24.3 Å². The molecule has 33 heavy (non-hydrogen) atoms. The highest BCUT2D eigenvalue weighted by atomic mass is 16.6. The summed E-state index contributed by atoms with van der Waals surface area (Å²) in [6.45, 7) is 6.44. The average molecular weight is 453 g/mol. The first kappa shape index (κ1) is 23.9. The summed E-state index contributed by atoms with van der Waals surface area (Å²) in [6, 6.07) is 11.5. The summed E-state index contributed by atoms with van der Waals surface area (Å²) in [4.78, 5) is 40.3. The molecule has 1 unspecified atom stereocenters. The second kappa shape index (κ2) is 10.3. The zero-order chi connectivity index (χ0) is 24.1. The average Bonchev–Trinajstić information content (AvgIpc) is 3.09. The molecule has 1 aliphatic heterocycles. The van der Waals surface area contributed by atoms with Crippen molar-refractivity contribution in [3.63, 3.8) is 0 Å². The van der Waals surface area contributed by atoms with Crippen molar-refractivity contribution in [2.45, 2.75) is 19.9 Å². The molecule has 1 saturated heterocycles. The quantitative estimate of drug-likeness (QED) is 0.204. The van der Waals surface area contributed by atoms with Crippen molar-refractivity contribution in [2.75, 3.05) is 33.3 Å². The van der Waals surface area contributed by atoms with Crippen LogP contribution in [0.5, 0.6) is 5.75 Å². The highest BCUT2D eigenvalue weighted by Gasteiger charge is 2.46. The minimum absolute atomic E-state index is 0.0961. The van der Waals surface area contributed by atoms with Crippen LogP contribution in [-0.4, -0.2) is 64.8 Å². The molecule has 3 rings (SSSR count). The van der Waals surface area contributed by atoms with Gasteiger partial charge in [-0.25, -0.2) is 0 Å². The van der Waals surface area contributed by atoms with Crippen molar-refractivity contribution < 1.29 is 24.4 Å². The van der Waals surface area contributed by atoms with Crippen molar-refractivity contribution in [1.29, 1.82) is 0 Å². The van der Waals surface area contributed by atoms with Crippen molar-refractivity contribution in [3.8, 4) is 5.75 Å². The molecule has 0 bridgehead atoms. The number of hydrogen-bond donors (Lipinski definition) is 1. The van der Waals surface area contributed by atoms with Crippen molar-refractivity contribution in [3.05, 3.63) is 75.3 Å². The number of nitrogens with zero attached hydrogens (tertiary/aromatic N) is 3. The summed E-state index contributed by atoms with van der Waals surface area (Å²) in [5, 5.41) is 22.3. The Morgan fingerprint density at radius 1 is 1.15 bits per heavy atom. The van der Waals surface area contributed by atoms with Crippen LogP contribution in [0.3, 0.4) is 0 Å². The first-order chi connectivity index (χ1) is 15.8. The van der Waals surface area contributed by atoms with E-state index in [0.29, 0.717) is 17.9 Å². The lowest BCUT2D eigenvalue weighted by molar-refractivity contribution is -0.384. The summed E-state index contributed by atoms with van der Waals surface area (Å²) in [6.07, 6.45) is 0. The molecule has 9 nitrogen and oxygen atoms in total. The van der Waals surface area contributed by atoms with Crippen LogP contribution >= 0.6 is 0 Å². The number of carbonyl (C=O) groups excluding carboxylic acids is 2. The zero-order valence-corrected chi connectivity index (χ0v) is 18.9. The number of aliphatic hydroxyl groups excluding tert-OH is 1. The second-order valence-corrected chi connectivity index (χ2v) is 7.60. The number of methoxy groups -OCH3 is 1. The second-order valence-electron chi connectivity index (χ2n) is 7.60. The lowest BCUT2D eigenvalue weighted by Gasteiger charge is -2.28. The zero-order valence-electron chi connectivity index (χ0n) is 18.9. The first-order valence-corrected chi connectivity index (χ1v) is 10.7. The molecule has 1 N–H and O–H groups in total. The van der Waals surface area contributed by atoms with E-state index in [9.17, 15) is 24.8 Å². The third kappa shape index (κ3) is 4.88. The van der Waals surface area contributed by atoms with Gasteiger partial charge in [0.15, 0.2) is 0 Å². The molecule has 174 valence electrons. The third-order valence-corrected chi connectivity index (χ3v) is 5.83. The van der Waals surface area contributed by atoms with E-state index in [1.807, 2.05) is 13.8 Å². The minimum atomic E-state index is -0.852. The van der Waals surface area contributed by atoms with Gasteiger partial charge in [-0.1, -0.05) is 38.1 Å². The number of amides is 1. The lowest BCUT2D eigenvalue weighted by Crippen LogP contribution is -2.38. The molecule has 0 radical (unpaired) electrons. The van der Waals surface area contributed by atoms with E-state index < -0.39 is 28.4 Å². The van der Waals surface area contributed by atoms with Gasteiger partial charge in [0.05, 0.1) is 23.6 Å². The van der Waals surface area contributed by atoms with Crippen LogP contribution in [0.25, 0.3) is 5.76 Å². The van der Waals surface area contributed by atoms with Gasteiger partial charge in [0, 0.05) is 30.8 Å². The number of aliphatic hydroxyl groups is 1. The molecule has 0 aliphatic carbocycles. The maximum Gasteiger partial charge on any atom is 0.295 e. The Bertz CT molecular complexity index is 1090. The van der Waals surface area contributed by atoms with Gasteiger partial charge < -0.3 is 19.6 Å². The summed E-state index contributed by atoms with van der Waals surface area (Å²) < 4.78 is 5.31. The number of hydrogen-bond acceptors (Lipinski definition) is 7. The Morgan fingerprint density at radius 3 is 2.48 bits per heavy atom. The predicted octanol–water partition coefficient (Wildman–Crippen LogP) is 3.37. The van der Waals surface area contributed by atoms with Crippen LogP contribution in [0.1, 0.15) is 31.0 Å². The number of likely N-dealkylation sites (N-methyl/N-ethyl adjacent to an activating group) is 1. The minimum Gasteiger partial charge on any atom is -0.507 e. The molecule has 9 heteroatoms. The monoisotopic (exact) mass is 453 g/mol. The predicted molar refractivity (Wildman–Crippen MR) is 123 cm³/mol. The number of carbonyl (C=O) groups is 2. The fourth-order valence-electron chi connectivity index (χ4n) is 3.98. The molecule has 1 amide bonds. The molecule has 0 aromatic heterocycles. The number of ketones is 1. The van der Waals surface area contributed by atoms with Crippen molar-refractivity contribution in [1.82, 2.24) is 9.80 Å². The molecular formula is C24H27N3O6. The van der Waals surface area contributed by atoms with E-state index in [0.717, 1.165) is 13.1 Å². The van der Waals surface area contributed by atoms with E-state index in [2.05, 4.69) is 4.90 Å². The van der Waals surface area contributed by atoms with Gasteiger partial charge in [-0.3, -0.25) is 19.7 Å². The summed E-state index contributed by atoms with van der Waals surface area (Å²) in [5.74, 6) is -1.46. The normalized spacial score (nSPS) is 17.6. The molecular weight excluding hydrogens is 426 g/mol. The molecule has 2 aromatic carbocycles. The Morgan fingerprint density at radius 2 is 1.85 bits per heavy atom. The van der Waals surface area contributed by atoms with Gasteiger partial charge in [0.1, 0.15) is 11.5 Å². The van der Waals surface area contributed by atoms with Crippen LogP contribution in [0, 0.1) is 10.1 Å². The largest absolute Gasteiger partial charge is 0.507 e. The molecule has 1 heterocycles. The highest BCUT2D eigenvalue weighted by Crippen LogP contribution is 2.40. The van der Waals surface area contributed by atoms with E-state index in [1.165, 1.54) is 36.3 Å². The van der Waals surface area contributed by atoms with E-state index in [-0.39, 0.29) is 23.4 Å². The molecule has 0 saturated carbocycles. The number of nitro benzene ring substituents is 1. The third-order valence-electron chi connectivity index (χ3n) is 5.83. The van der Waals surface area contributed by atoms with Gasteiger partial charge >= 0.3 is 0 Å². The van der Waals surface area contributed by atoms with Crippen LogP contribution in [0.2, 0.25) is 0 Å². The lowest BCUT2D eigenvalue weighted by atomic mass is 9.95. The summed E-state index contributed by atoms with van der Waals surface area (Å²) in [5.41, 5.74) is 0.361. The Labute approximate surface area is 192 Å². The van der Waals surface area contributed by atoms with Gasteiger partial charge in [0.2, 0.25) is 0 Å². The first-order valence-electron chi connectivity index (χ1n) is 10.7. The number of ether oxygens (including phenoxy) is 1. The van der Waals surface area contributed by atoms with E-state index >= 15 is 0 Å². The fraction of sp³-hybridized carbons (Fsp3) is 0.333. The molecule has 1 atom stereocenters. The van der Waals surface area contributed by atoms with Gasteiger partial charge in [0.25, 0.3) is 17.4 Å². The summed E-state index contributed by atoms with van der Waals surface area (Å²) >= 11 is 0. The smallest absolute Gasteiger partial charge is 0.295 e. The fourth-order valence-corrected chi connectivity index (χ4v) is 3.98. The van der Waals surface area contributed by atoms with E-state index in [4.69, 9.17) is 4.74 Å². The SMILES string of the molecule is CCN(CC)CCN1C(=O)C(=O)/C(=C(\O)c2cccc([N+](=O)[O-])c2)C1c1cccc(OC)c1. The topological polar surface area (TPSA) is 113 Å². The van der Waals surface area contributed by atoms with Crippen LogP contribution < -0.4 is 4.74 Å². The Balaban J connectivity index is 2.14. The van der Waals surface area contributed by atoms with Gasteiger partial charge in [-0.15, -0.1) is 0 Å². The summed E-state index contributed by atoms with van der Waals surface area (Å²) in [7, 11) is 1.51. The van der Waals surface area contributed by atoms with Crippen molar-refractivity contribution in [2.24, 2.45) is 0 Å². The van der Waals surface area contributed by atoms with Crippen molar-refractivity contribution >= 4 is 23.1 Å². The number of likely N-dealkylation sites (tertiary alicyclic amines) is 1. The molecule has 1 aliphatic rings.